The third kappa shape index (κ3) is 10.9. The van der Waals surface area contributed by atoms with E-state index < -0.39 is 23.9 Å². The second-order valence-electron chi connectivity index (χ2n) is 8.44. The van der Waals surface area contributed by atoms with Gasteiger partial charge in [0.15, 0.2) is 0 Å². The Morgan fingerprint density at radius 3 is 1.11 bits per heavy atom. The molecule has 0 aliphatic carbocycles. The van der Waals surface area contributed by atoms with Crippen molar-refractivity contribution >= 4 is 47.4 Å². The minimum atomic E-state index is -0.631. The molecule has 2 aromatic carbocycles. The van der Waals surface area contributed by atoms with Crippen LogP contribution in [0.2, 0.25) is 0 Å². The summed E-state index contributed by atoms with van der Waals surface area (Å²) in [6, 6.07) is 12.6. The number of ether oxygens (including phenoxy) is 6. The third-order valence-electron chi connectivity index (χ3n) is 5.51. The zero-order valence-corrected chi connectivity index (χ0v) is 26.1. The number of esters is 4. The van der Waals surface area contributed by atoms with E-state index in [2.05, 4.69) is 12.1 Å². The molecule has 0 spiro atoms. The van der Waals surface area contributed by atoms with Gasteiger partial charge in [-0.15, -0.1) is 23.5 Å². The number of carbonyl (C=O) groups is 4. The van der Waals surface area contributed by atoms with Crippen molar-refractivity contribution in [2.45, 2.75) is 12.8 Å². The van der Waals surface area contributed by atoms with Crippen LogP contribution in [-0.4, -0.2) is 77.0 Å². The van der Waals surface area contributed by atoms with E-state index >= 15 is 0 Å². The number of thioether (sulfide) groups is 2. The van der Waals surface area contributed by atoms with Crippen molar-refractivity contribution in [3.63, 3.8) is 0 Å². The van der Waals surface area contributed by atoms with E-state index in [1.165, 1.54) is 88.4 Å². The van der Waals surface area contributed by atoms with Crippen molar-refractivity contribution in [3.8, 4) is 23.6 Å². The summed E-state index contributed by atoms with van der Waals surface area (Å²) in [5, 5.41) is 19.2. The van der Waals surface area contributed by atoms with Gasteiger partial charge in [0.2, 0.25) is 0 Å². The van der Waals surface area contributed by atoms with Crippen molar-refractivity contribution < 1.29 is 47.6 Å². The number of hydrogen-bond donors (Lipinski definition) is 0. The fraction of sp³-hybridized carbons (Fsp3) is 0.333. The molecule has 232 valence electrons. The summed E-state index contributed by atoms with van der Waals surface area (Å²) < 4.78 is 30.3. The molecule has 0 radical (unpaired) electrons. The highest BCUT2D eigenvalue weighted by atomic mass is 32.2. The van der Waals surface area contributed by atoms with E-state index in [0.29, 0.717) is 24.3 Å². The Bertz CT molecular complexity index is 1300. The summed E-state index contributed by atoms with van der Waals surface area (Å²) in [6.45, 7) is 0.441. The summed E-state index contributed by atoms with van der Waals surface area (Å²) in [4.78, 5) is 48.3. The van der Waals surface area contributed by atoms with E-state index in [9.17, 15) is 29.7 Å². The molecule has 0 fully saturated rings. The molecule has 0 saturated carbocycles. The maximum atomic E-state index is 11.9. The average molecular weight is 643 g/mol. The highest BCUT2D eigenvalue weighted by Crippen LogP contribution is 2.28. The Labute approximate surface area is 263 Å². The van der Waals surface area contributed by atoms with Gasteiger partial charge >= 0.3 is 23.9 Å². The van der Waals surface area contributed by atoms with E-state index in [-0.39, 0.29) is 56.8 Å². The second kappa shape index (κ2) is 18.8. The summed E-state index contributed by atoms with van der Waals surface area (Å²) in [6.07, 6.45) is 1.00. The minimum Gasteiger partial charge on any atom is -0.494 e. The van der Waals surface area contributed by atoms with Gasteiger partial charge < -0.3 is 28.4 Å². The van der Waals surface area contributed by atoms with Gasteiger partial charge in [0.1, 0.15) is 33.4 Å². The van der Waals surface area contributed by atoms with E-state index in [0.717, 1.165) is 0 Å². The highest BCUT2D eigenvalue weighted by molar-refractivity contribution is 8.07. The van der Waals surface area contributed by atoms with Crippen LogP contribution in [0.3, 0.4) is 0 Å². The fourth-order valence-corrected chi connectivity index (χ4v) is 5.22. The molecule has 14 heteroatoms. The standard InChI is InChI=1S/C30H30N2O10S2/c1-37-27(33)19-11-20(28(34)38-2)14-23(13-19)41-7-5-9-43-25(17-31)26(18-32)44-10-6-8-42-24-15-21(29(35)39-3)12-22(16-24)30(36)40-4/h11-16H,5-10H2,1-4H3/b26-25-. The molecule has 0 unspecified atom stereocenters. The van der Waals surface area contributed by atoms with Crippen LogP contribution in [-0.2, 0) is 18.9 Å². The molecular weight excluding hydrogens is 612 g/mol. The van der Waals surface area contributed by atoms with Crippen LogP contribution in [0.4, 0.5) is 0 Å². The number of rotatable bonds is 16. The molecule has 2 rings (SSSR count). The first-order valence-electron chi connectivity index (χ1n) is 12.9. The number of nitrogens with zero attached hydrogens (tertiary/aromatic N) is 2. The van der Waals surface area contributed by atoms with Crippen LogP contribution in [0.25, 0.3) is 0 Å². The van der Waals surface area contributed by atoms with Crippen molar-refractivity contribution in [3.05, 3.63) is 68.5 Å². The summed E-state index contributed by atoms with van der Waals surface area (Å²) in [5.74, 6) is -1.02. The monoisotopic (exact) mass is 642 g/mol. The Balaban J connectivity index is 1.89. The van der Waals surface area contributed by atoms with Crippen LogP contribution >= 0.6 is 23.5 Å². The molecule has 0 N–H and O–H groups in total. The van der Waals surface area contributed by atoms with Crippen molar-refractivity contribution in [2.24, 2.45) is 0 Å². The van der Waals surface area contributed by atoms with Gasteiger partial charge in [-0.1, -0.05) is 0 Å². The fourth-order valence-electron chi connectivity index (χ4n) is 3.45. The van der Waals surface area contributed by atoms with Crippen LogP contribution in [0.5, 0.6) is 11.5 Å². The SMILES string of the molecule is COC(=O)c1cc(OCCCS/C(C#N)=C(/C#N)SCCCOc2cc(C(=O)OC)cc(C(=O)OC)c2)cc(C(=O)OC)c1. The summed E-state index contributed by atoms with van der Waals surface area (Å²) in [7, 11) is 4.90. The first-order chi connectivity index (χ1) is 21.2. The van der Waals surface area contributed by atoms with Gasteiger partial charge in [0.05, 0.1) is 63.9 Å². The van der Waals surface area contributed by atoms with Gasteiger partial charge in [0, 0.05) is 11.5 Å². The number of carbonyl (C=O) groups excluding carboxylic acids is 4. The summed E-state index contributed by atoms with van der Waals surface area (Å²) in [5.41, 5.74) is 0.542. The molecule has 0 saturated heterocycles. The highest BCUT2D eigenvalue weighted by Gasteiger charge is 2.16. The molecule has 0 bridgehead atoms. The molecule has 0 aliphatic rings. The number of allylic oxidation sites excluding steroid dienone is 2. The van der Waals surface area contributed by atoms with E-state index in [4.69, 9.17) is 28.4 Å². The molecule has 12 nitrogen and oxygen atoms in total. The van der Waals surface area contributed by atoms with E-state index in [1.54, 1.807) is 0 Å². The maximum Gasteiger partial charge on any atom is 0.338 e. The predicted octanol–water partition coefficient (Wildman–Crippen LogP) is 4.80. The number of benzene rings is 2. The molecular formula is C30H30N2O10S2. The lowest BCUT2D eigenvalue weighted by Gasteiger charge is -2.10. The lowest BCUT2D eigenvalue weighted by Crippen LogP contribution is -2.08. The van der Waals surface area contributed by atoms with E-state index in [1.807, 2.05) is 0 Å². The van der Waals surface area contributed by atoms with Crippen LogP contribution in [0.15, 0.2) is 46.2 Å². The average Bonchev–Trinajstić information content (AvgIpc) is 3.06. The smallest absolute Gasteiger partial charge is 0.338 e. The molecule has 0 amide bonds. The van der Waals surface area contributed by atoms with Gasteiger partial charge in [-0.05, 0) is 49.2 Å². The Kier molecular flexibility index (Phi) is 15.2. The topological polar surface area (TPSA) is 171 Å². The normalized spacial score (nSPS) is 10.8. The Morgan fingerprint density at radius 2 is 0.864 bits per heavy atom. The first kappa shape index (κ1) is 35.5. The van der Waals surface area contributed by atoms with Crippen LogP contribution < -0.4 is 9.47 Å². The lowest BCUT2D eigenvalue weighted by molar-refractivity contribution is 0.0580. The quantitative estimate of drug-likeness (QED) is 0.106. The van der Waals surface area contributed by atoms with Gasteiger partial charge in [-0.3, -0.25) is 0 Å². The Hall–Kier alpha value is -4.66. The molecule has 0 aliphatic heterocycles. The van der Waals surface area contributed by atoms with Crippen LogP contribution in [0, 0.1) is 22.7 Å². The maximum absolute atomic E-state index is 11.9. The first-order valence-corrected chi connectivity index (χ1v) is 14.9. The number of methoxy groups -OCH3 is 4. The van der Waals surface area contributed by atoms with Gasteiger partial charge in [0.25, 0.3) is 0 Å². The number of hydrogen-bond acceptors (Lipinski definition) is 14. The number of nitriles is 2. The Morgan fingerprint density at radius 1 is 0.568 bits per heavy atom. The second-order valence-corrected chi connectivity index (χ2v) is 10.7. The molecule has 0 heterocycles. The molecule has 0 atom stereocenters. The van der Waals surface area contributed by atoms with Gasteiger partial charge in [-0.2, -0.15) is 10.5 Å². The summed E-state index contributed by atoms with van der Waals surface area (Å²) >= 11 is 2.43. The zero-order chi connectivity index (χ0) is 32.5. The molecule has 44 heavy (non-hydrogen) atoms. The van der Waals surface area contributed by atoms with Crippen molar-refractivity contribution in [1.29, 1.82) is 10.5 Å². The lowest BCUT2D eigenvalue weighted by atomic mass is 10.1. The van der Waals surface area contributed by atoms with Crippen LogP contribution in [0.1, 0.15) is 54.3 Å². The molecule has 0 aromatic heterocycles. The predicted molar refractivity (Wildman–Crippen MR) is 162 cm³/mol. The van der Waals surface area contributed by atoms with Gasteiger partial charge in [-0.25, -0.2) is 19.2 Å². The third-order valence-corrected chi connectivity index (χ3v) is 7.80. The molecule has 2 aromatic rings. The zero-order valence-electron chi connectivity index (χ0n) is 24.5. The van der Waals surface area contributed by atoms with Crippen molar-refractivity contribution in [1.82, 2.24) is 0 Å². The minimum absolute atomic E-state index is 0.135. The largest absolute Gasteiger partial charge is 0.494 e. The van der Waals surface area contributed by atoms with Crippen molar-refractivity contribution in [2.75, 3.05) is 53.2 Å².